The molecule has 11 heteroatoms. The van der Waals surface area contributed by atoms with Gasteiger partial charge in [-0.3, -0.25) is 4.79 Å². The maximum Gasteiger partial charge on any atom is 0.534 e. The van der Waals surface area contributed by atoms with E-state index in [1.807, 2.05) is 36.4 Å². The van der Waals surface area contributed by atoms with Crippen LogP contribution in [0.15, 0.2) is 115 Å². The number of halogens is 3. The maximum atomic E-state index is 14.4. The third-order valence-corrected chi connectivity index (χ3v) is 7.26. The first kappa shape index (κ1) is 31.3. The fourth-order valence-corrected chi connectivity index (χ4v) is 4.71. The lowest BCUT2D eigenvalue weighted by Gasteiger charge is -2.27. The predicted molar refractivity (Wildman–Crippen MR) is 160 cm³/mol. The molecule has 0 aliphatic rings. The summed E-state index contributed by atoms with van der Waals surface area (Å²) in [7, 11) is -4.55. The molecule has 0 aromatic heterocycles. The van der Waals surface area contributed by atoms with Crippen molar-refractivity contribution in [1.29, 1.82) is 0 Å². The van der Waals surface area contributed by atoms with Gasteiger partial charge in [0.15, 0.2) is 5.75 Å². The Labute approximate surface area is 248 Å². The zero-order valence-electron chi connectivity index (χ0n) is 23.1. The van der Waals surface area contributed by atoms with Gasteiger partial charge in [-0.05, 0) is 35.4 Å². The fraction of sp³-hybridized carbons (Fsp3) is 0.156. The van der Waals surface area contributed by atoms with E-state index in [0.717, 1.165) is 11.6 Å². The summed E-state index contributed by atoms with van der Waals surface area (Å²) in [5, 5.41) is 3.35. The molecule has 224 valence electrons. The number of nitrogens with zero attached hydrogens (tertiary/aromatic N) is 1. The molecule has 7 nitrogen and oxygen atoms in total. The minimum absolute atomic E-state index is 0.0495. The van der Waals surface area contributed by atoms with Crippen molar-refractivity contribution in [2.24, 2.45) is 0 Å². The first-order chi connectivity index (χ1) is 20.6. The highest BCUT2D eigenvalue weighted by atomic mass is 32.2. The van der Waals surface area contributed by atoms with Crippen molar-refractivity contribution in [3.05, 3.63) is 132 Å². The number of para-hydroxylation sites is 3. The van der Waals surface area contributed by atoms with E-state index in [2.05, 4.69) is 9.50 Å². The number of hydrogen-bond acceptors (Lipinski definition) is 6. The van der Waals surface area contributed by atoms with Gasteiger partial charge in [-0.15, -0.1) is 0 Å². The summed E-state index contributed by atoms with van der Waals surface area (Å²) in [6, 6.07) is 30.7. The molecule has 4 aromatic carbocycles. The monoisotopic (exact) mass is 610 g/mol. The summed E-state index contributed by atoms with van der Waals surface area (Å²) in [6.45, 7) is 0.410. The smallest absolute Gasteiger partial charge is 0.381 e. The number of carbonyl (C=O) groups is 1. The van der Waals surface area contributed by atoms with E-state index < -0.39 is 27.3 Å². The van der Waals surface area contributed by atoms with E-state index in [0.29, 0.717) is 23.4 Å². The molecule has 1 N–H and O–H groups in total. The van der Waals surface area contributed by atoms with Gasteiger partial charge in [0.25, 0.3) is 5.91 Å². The van der Waals surface area contributed by atoms with E-state index in [1.54, 1.807) is 54.6 Å². The zero-order chi connectivity index (χ0) is 30.9. The van der Waals surface area contributed by atoms with E-state index in [4.69, 9.17) is 4.74 Å². The number of carbonyl (C=O) groups excluding carboxylic acids is 1. The summed E-state index contributed by atoms with van der Waals surface area (Å²) in [5.74, 6) is -1.26. The molecule has 0 bridgehead atoms. The van der Waals surface area contributed by atoms with Crippen molar-refractivity contribution in [1.82, 2.24) is 0 Å². The standard InChI is InChI=1S/C32H29F3N2O5S/c1-41-21-20-27(26-16-8-9-17-28(26)36-22-24-12-4-2-5-13-24)31(38)37(23-25-14-6-3-7-15-25)29-18-10-11-19-30(29)42-43(39,40)32(33,34)35/h2-20,36H,21-23H2,1H3/b27-20-. The van der Waals surface area contributed by atoms with Crippen LogP contribution in [0.1, 0.15) is 16.7 Å². The van der Waals surface area contributed by atoms with Crippen molar-refractivity contribution < 1.29 is 35.3 Å². The summed E-state index contributed by atoms with van der Waals surface area (Å²) >= 11 is 0. The number of ether oxygens (including phenoxy) is 1. The first-order valence-electron chi connectivity index (χ1n) is 13.1. The molecular weight excluding hydrogens is 581 g/mol. The summed E-state index contributed by atoms with van der Waals surface area (Å²) in [5.41, 5.74) is -2.85. The summed E-state index contributed by atoms with van der Waals surface area (Å²) in [6.07, 6.45) is 1.57. The van der Waals surface area contributed by atoms with Crippen LogP contribution < -0.4 is 14.4 Å². The third kappa shape index (κ3) is 8.02. The molecule has 4 rings (SSSR count). The second kappa shape index (κ2) is 14.0. The molecule has 0 spiro atoms. The van der Waals surface area contributed by atoms with Crippen LogP contribution in [0, 0.1) is 0 Å². The Bertz CT molecular complexity index is 1660. The van der Waals surface area contributed by atoms with Gasteiger partial charge in [0.2, 0.25) is 0 Å². The van der Waals surface area contributed by atoms with Crippen LogP contribution >= 0.6 is 0 Å². The van der Waals surface area contributed by atoms with E-state index in [-0.39, 0.29) is 24.4 Å². The molecule has 43 heavy (non-hydrogen) atoms. The van der Waals surface area contributed by atoms with Crippen LogP contribution in [-0.2, 0) is 32.7 Å². The van der Waals surface area contributed by atoms with Crippen LogP contribution in [-0.4, -0.2) is 33.5 Å². The van der Waals surface area contributed by atoms with Crippen LogP contribution in [0.25, 0.3) is 5.57 Å². The van der Waals surface area contributed by atoms with Crippen molar-refractivity contribution in [3.63, 3.8) is 0 Å². The van der Waals surface area contributed by atoms with Gasteiger partial charge in [-0.25, -0.2) is 0 Å². The van der Waals surface area contributed by atoms with Gasteiger partial charge in [-0.2, -0.15) is 21.6 Å². The zero-order valence-corrected chi connectivity index (χ0v) is 23.9. The topological polar surface area (TPSA) is 84.9 Å². The predicted octanol–water partition coefficient (Wildman–Crippen LogP) is 6.79. The van der Waals surface area contributed by atoms with E-state index in [1.165, 1.54) is 30.2 Å². The quantitative estimate of drug-likeness (QED) is 0.108. The van der Waals surface area contributed by atoms with E-state index >= 15 is 0 Å². The molecule has 0 atom stereocenters. The third-order valence-electron chi connectivity index (χ3n) is 6.30. The molecule has 0 heterocycles. The lowest BCUT2D eigenvalue weighted by molar-refractivity contribution is -0.113. The Hall–Kier alpha value is -4.61. The normalized spacial score (nSPS) is 12.0. The number of alkyl halides is 3. The Kier molecular flexibility index (Phi) is 10.2. The highest BCUT2D eigenvalue weighted by Crippen LogP contribution is 2.36. The highest BCUT2D eigenvalue weighted by molar-refractivity contribution is 7.88. The van der Waals surface area contributed by atoms with Gasteiger partial charge in [0.1, 0.15) is 0 Å². The minimum atomic E-state index is -6.01. The minimum Gasteiger partial charge on any atom is -0.381 e. The van der Waals surface area contributed by atoms with Crippen molar-refractivity contribution >= 4 is 33.0 Å². The molecule has 0 radical (unpaired) electrons. The molecule has 0 saturated heterocycles. The number of nitrogens with one attached hydrogen (secondary N) is 1. The van der Waals surface area contributed by atoms with Gasteiger partial charge in [0, 0.05) is 30.5 Å². The molecule has 0 saturated carbocycles. The van der Waals surface area contributed by atoms with Gasteiger partial charge in [0.05, 0.1) is 18.8 Å². The van der Waals surface area contributed by atoms with Crippen LogP contribution in [0.2, 0.25) is 0 Å². The average Bonchev–Trinajstić information content (AvgIpc) is 3.00. The van der Waals surface area contributed by atoms with Crippen molar-refractivity contribution in [2.45, 2.75) is 18.6 Å². The van der Waals surface area contributed by atoms with Crippen LogP contribution in [0.5, 0.6) is 5.75 Å². The number of hydrogen-bond donors (Lipinski definition) is 1. The molecule has 0 fully saturated rings. The number of anilines is 2. The maximum absolute atomic E-state index is 14.4. The van der Waals surface area contributed by atoms with Crippen LogP contribution in [0.3, 0.4) is 0 Å². The molecule has 4 aromatic rings. The fourth-order valence-electron chi connectivity index (χ4n) is 4.24. The average molecular weight is 611 g/mol. The van der Waals surface area contributed by atoms with Crippen molar-refractivity contribution in [3.8, 4) is 5.75 Å². The molecule has 0 unspecified atom stereocenters. The number of rotatable bonds is 12. The second-order valence-corrected chi connectivity index (χ2v) is 10.8. The number of amides is 1. The Morgan fingerprint density at radius 3 is 2.07 bits per heavy atom. The molecule has 0 aliphatic carbocycles. The van der Waals surface area contributed by atoms with E-state index in [9.17, 15) is 26.4 Å². The second-order valence-electron chi connectivity index (χ2n) is 9.29. The summed E-state index contributed by atoms with van der Waals surface area (Å²) in [4.78, 5) is 15.6. The Morgan fingerprint density at radius 2 is 1.42 bits per heavy atom. The SMILES string of the molecule is COC/C=C(\C(=O)N(Cc1ccccc1)c1ccccc1OS(=O)(=O)C(F)(F)F)c1ccccc1NCc1ccccc1. The number of benzene rings is 4. The number of methoxy groups -OCH3 is 1. The molecule has 1 amide bonds. The lowest BCUT2D eigenvalue weighted by atomic mass is 10.0. The molecular formula is C32H29F3N2O5S. The van der Waals surface area contributed by atoms with Gasteiger partial charge in [-0.1, -0.05) is 91.0 Å². The first-order valence-corrected chi connectivity index (χ1v) is 14.5. The van der Waals surface area contributed by atoms with Crippen LogP contribution in [0.4, 0.5) is 24.5 Å². The van der Waals surface area contributed by atoms with Crippen molar-refractivity contribution in [2.75, 3.05) is 23.9 Å². The molecule has 0 aliphatic heterocycles. The summed E-state index contributed by atoms with van der Waals surface area (Å²) < 4.78 is 73.5. The van der Waals surface area contributed by atoms with Gasteiger partial charge < -0.3 is 19.1 Å². The van der Waals surface area contributed by atoms with Gasteiger partial charge >= 0.3 is 15.6 Å². The largest absolute Gasteiger partial charge is 0.534 e. The highest BCUT2D eigenvalue weighted by Gasteiger charge is 2.49. The Morgan fingerprint density at radius 1 is 0.837 bits per heavy atom. The lowest BCUT2D eigenvalue weighted by Crippen LogP contribution is -2.33. The Balaban J connectivity index is 1.80.